The van der Waals surface area contributed by atoms with Crippen LogP contribution in [0.25, 0.3) is 10.9 Å². The number of rotatable bonds is 7. The highest BCUT2D eigenvalue weighted by Gasteiger charge is 2.54. The van der Waals surface area contributed by atoms with E-state index in [4.69, 9.17) is 22.8 Å². The third-order valence-electron chi connectivity index (χ3n) is 7.75. The molecule has 0 saturated carbocycles. The second kappa shape index (κ2) is 10.6. The first-order chi connectivity index (χ1) is 16.1. The number of benzene rings is 2. The Kier molecular flexibility index (Phi) is 7.80. The van der Waals surface area contributed by atoms with Crippen molar-refractivity contribution in [2.24, 2.45) is 11.8 Å². The van der Waals surface area contributed by atoms with E-state index in [2.05, 4.69) is 66.0 Å². The van der Waals surface area contributed by atoms with E-state index in [1.807, 2.05) is 18.3 Å². The average Bonchev–Trinajstić information content (AvgIpc) is 2.84. The minimum atomic E-state index is -0.0956. The van der Waals surface area contributed by atoms with Crippen LogP contribution in [0.2, 0.25) is 5.02 Å². The van der Waals surface area contributed by atoms with Gasteiger partial charge in [-0.1, -0.05) is 53.9 Å². The van der Waals surface area contributed by atoms with Crippen LogP contribution in [0.15, 0.2) is 73.4 Å². The summed E-state index contributed by atoms with van der Waals surface area (Å²) in [6.45, 7) is 7.61. The van der Waals surface area contributed by atoms with Gasteiger partial charge in [-0.25, -0.2) is 0 Å². The van der Waals surface area contributed by atoms with Gasteiger partial charge in [0, 0.05) is 40.9 Å². The maximum Gasteiger partial charge on any atom is 0.136 e. The van der Waals surface area contributed by atoms with Crippen molar-refractivity contribution in [3.63, 3.8) is 0 Å². The van der Waals surface area contributed by atoms with Crippen molar-refractivity contribution in [2.75, 3.05) is 19.7 Å². The first kappa shape index (κ1) is 24.9. The van der Waals surface area contributed by atoms with E-state index in [1.165, 1.54) is 17.5 Å². The Morgan fingerprint density at radius 3 is 2.88 bits per heavy atom. The number of quaternary nitrogens is 1. The van der Waals surface area contributed by atoms with Gasteiger partial charge >= 0.3 is 0 Å². The number of hydrogen-bond acceptors (Lipinski definition) is 2. The fraction of sp³-hybridized carbons (Fsp3) is 0.345. The third kappa shape index (κ3) is 4.68. The number of ether oxygens (including phenoxy) is 1. The largest absolute Gasteiger partial charge is 1.00 e. The van der Waals surface area contributed by atoms with Crippen molar-refractivity contribution in [3.8, 4) is 12.3 Å². The number of aromatic nitrogens is 1. The van der Waals surface area contributed by atoms with Crippen LogP contribution in [0, 0.1) is 24.2 Å². The molecule has 2 aromatic carbocycles. The van der Waals surface area contributed by atoms with Gasteiger partial charge in [0.1, 0.15) is 25.3 Å². The number of para-hydroxylation sites is 1. The molecular formula is C29H30BrClN2O. The molecule has 34 heavy (non-hydrogen) atoms. The summed E-state index contributed by atoms with van der Waals surface area (Å²) in [5, 5.41) is 1.93. The van der Waals surface area contributed by atoms with E-state index in [0.29, 0.717) is 24.5 Å². The van der Waals surface area contributed by atoms with E-state index < -0.39 is 0 Å². The molecule has 5 heteroatoms. The summed E-state index contributed by atoms with van der Waals surface area (Å²) < 4.78 is 7.47. The molecule has 0 aliphatic carbocycles. The minimum absolute atomic E-state index is 0. The Morgan fingerprint density at radius 1 is 1.24 bits per heavy atom. The van der Waals surface area contributed by atoms with E-state index in [-0.39, 0.29) is 23.1 Å². The van der Waals surface area contributed by atoms with Gasteiger partial charge in [0.15, 0.2) is 0 Å². The van der Waals surface area contributed by atoms with Gasteiger partial charge in [-0.15, -0.1) is 13.0 Å². The number of piperidine rings is 3. The standard InChI is InChI=1S/C29H30ClN2O.BrH/c1-3-16-33-29(26-12-14-31-27-11-6-5-10-25(26)27)28-18-23-13-15-32(28,20-22(23)4-2)19-21-8-7-9-24(30)17-21;/h1,4-12,14,17,22-23,28-29H,2,13,15-16,18-20H2;1H/q+1;/p-1/t22-,23-,28+,29-,32?;/m0./s1. The summed E-state index contributed by atoms with van der Waals surface area (Å²) in [5.74, 6) is 3.87. The molecule has 3 fully saturated rings. The molecule has 0 spiro atoms. The number of halogens is 2. The summed E-state index contributed by atoms with van der Waals surface area (Å²) >= 11 is 6.37. The predicted molar refractivity (Wildman–Crippen MR) is 135 cm³/mol. The topological polar surface area (TPSA) is 22.1 Å². The number of nitrogens with zero attached hydrogens (tertiary/aromatic N) is 2. The van der Waals surface area contributed by atoms with Crippen molar-refractivity contribution in [1.29, 1.82) is 0 Å². The van der Waals surface area contributed by atoms with Crippen molar-refractivity contribution in [3.05, 3.63) is 89.6 Å². The molecule has 0 radical (unpaired) electrons. The van der Waals surface area contributed by atoms with Crippen molar-refractivity contribution in [2.45, 2.75) is 31.5 Å². The summed E-state index contributed by atoms with van der Waals surface area (Å²) in [5.41, 5.74) is 3.45. The van der Waals surface area contributed by atoms with E-state index in [1.54, 1.807) is 0 Å². The molecule has 3 nitrogen and oxygen atoms in total. The summed E-state index contributed by atoms with van der Waals surface area (Å²) in [4.78, 5) is 4.59. The smallest absolute Gasteiger partial charge is 0.136 e. The maximum absolute atomic E-state index is 6.50. The van der Waals surface area contributed by atoms with Crippen LogP contribution in [-0.4, -0.2) is 35.2 Å². The van der Waals surface area contributed by atoms with Gasteiger partial charge in [-0.3, -0.25) is 4.98 Å². The zero-order valence-electron chi connectivity index (χ0n) is 19.2. The summed E-state index contributed by atoms with van der Waals surface area (Å²) in [7, 11) is 0. The SMILES string of the molecule is C#CCO[C@@H](c1ccnc2ccccc12)[C@H]1C[C@@H]2CC[N+]1(Cc1cccc(Cl)c1)C[C@@H]2C=C.[Br-]. The van der Waals surface area contributed by atoms with Crippen LogP contribution in [0.5, 0.6) is 0 Å². The molecule has 4 heterocycles. The van der Waals surface area contributed by atoms with Crippen LogP contribution < -0.4 is 17.0 Å². The number of fused-ring (bicyclic) bond motifs is 4. The van der Waals surface area contributed by atoms with Gasteiger partial charge < -0.3 is 26.2 Å². The highest BCUT2D eigenvalue weighted by molar-refractivity contribution is 6.30. The Morgan fingerprint density at radius 2 is 2.09 bits per heavy atom. The molecule has 1 unspecified atom stereocenters. The molecule has 3 aliphatic rings. The fourth-order valence-electron chi connectivity index (χ4n) is 6.27. The Balaban J connectivity index is 0.00000274. The van der Waals surface area contributed by atoms with Crippen molar-refractivity contribution < 1.29 is 26.2 Å². The van der Waals surface area contributed by atoms with Crippen LogP contribution in [0.1, 0.15) is 30.1 Å². The lowest BCUT2D eigenvalue weighted by atomic mass is 9.71. The lowest BCUT2D eigenvalue weighted by Gasteiger charge is -2.58. The van der Waals surface area contributed by atoms with Crippen molar-refractivity contribution >= 4 is 22.5 Å². The monoisotopic (exact) mass is 536 g/mol. The second-order valence-electron chi connectivity index (χ2n) is 9.52. The third-order valence-corrected chi connectivity index (χ3v) is 7.98. The van der Waals surface area contributed by atoms with E-state index in [0.717, 1.165) is 46.5 Å². The first-order valence-electron chi connectivity index (χ1n) is 11.7. The predicted octanol–water partition coefficient (Wildman–Crippen LogP) is 3.19. The zero-order chi connectivity index (χ0) is 22.8. The number of terminal acetylenes is 1. The van der Waals surface area contributed by atoms with Gasteiger partial charge in [0.2, 0.25) is 0 Å². The molecule has 2 bridgehead atoms. The molecule has 3 saturated heterocycles. The summed E-state index contributed by atoms with van der Waals surface area (Å²) in [6.07, 6.45) is 12.0. The van der Waals surface area contributed by atoms with Gasteiger partial charge in [0.05, 0.1) is 18.6 Å². The van der Waals surface area contributed by atoms with E-state index >= 15 is 0 Å². The second-order valence-corrected chi connectivity index (χ2v) is 9.95. The molecule has 176 valence electrons. The van der Waals surface area contributed by atoms with Crippen LogP contribution >= 0.6 is 11.6 Å². The Bertz CT molecular complexity index is 1200. The summed E-state index contributed by atoms with van der Waals surface area (Å²) in [6, 6.07) is 19.0. The molecule has 5 atom stereocenters. The van der Waals surface area contributed by atoms with Gasteiger partial charge in [0.25, 0.3) is 0 Å². The number of pyridine rings is 1. The van der Waals surface area contributed by atoms with Crippen LogP contribution in [-0.2, 0) is 11.3 Å². The molecule has 0 amide bonds. The lowest BCUT2D eigenvalue weighted by Crippen LogP contribution is -3.00. The average molecular weight is 538 g/mol. The normalized spacial score (nSPS) is 26.4. The molecule has 3 aromatic rings. The van der Waals surface area contributed by atoms with Crippen LogP contribution in [0.4, 0.5) is 0 Å². The minimum Gasteiger partial charge on any atom is -1.00 e. The van der Waals surface area contributed by atoms with E-state index in [9.17, 15) is 0 Å². The molecule has 1 aromatic heterocycles. The Hall–Kier alpha value is -2.16. The molecular weight excluding hydrogens is 508 g/mol. The molecule has 0 N–H and O–H groups in total. The molecule has 6 rings (SSSR count). The molecule has 3 aliphatic heterocycles. The quantitative estimate of drug-likeness (QED) is 0.262. The van der Waals surface area contributed by atoms with Gasteiger partial charge in [-0.2, -0.15) is 0 Å². The lowest BCUT2D eigenvalue weighted by molar-refractivity contribution is -0.985. The highest BCUT2D eigenvalue weighted by Crippen LogP contribution is 2.49. The van der Waals surface area contributed by atoms with Crippen LogP contribution in [0.3, 0.4) is 0 Å². The van der Waals surface area contributed by atoms with Crippen molar-refractivity contribution in [1.82, 2.24) is 4.98 Å². The number of hydrogen-bond donors (Lipinski definition) is 0. The highest BCUT2D eigenvalue weighted by atomic mass is 79.9. The fourth-order valence-corrected chi connectivity index (χ4v) is 6.49. The maximum atomic E-state index is 6.50. The van der Waals surface area contributed by atoms with Gasteiger partial charge in [-0.05, 0) is 35.7 Å². The Labute approximate surface area is 218 Å². The first-order valence-corrected chi connectivity index (χ1v) is 12.1. The zero-order valence-corrected chi connectivity index (χ0v) is 21.6.